The summed E-state index contributed by atoms with van der Waals surface area (Å²) in [5.41, 5.74) is 0.444. The Bertz CT molecular complexity index is 1100. The number of amides is 2. The third-order valence-electron chi connectivity index (χ3n) is 6.15. The molecule has 0 N–H and O–H groups in total. The van der Waals surface area contributed by atoms with Crippen LogP contribution in [-0.2, 0) is 16.1 Å². The van der Waals surface area contributed by atoms with Crippen LogP contribution in [-0.4, -0.2) is 58.4 Å². The summed E-state index contributed by atoms with van der Waals surface area (Å²) in [5.74, 6) is -0.945. The molecule has 2 saturated heterocycles. The van der Waals surface area contributed by atoms with Gasteiger partial charge in [0.2, 0.25) is 0 Å². The maximum Gasteiger partial charge on any atom is 0.289 e. The molecule has 0 bridgehead atoms. The molecule has 7 nitrogen and oxygen atoms in total. The van der Waals surface area contributed by atoms with Gasteiger partial charge in [-0.1, -0.05) is 18.2 Å². The van der Waals surface area contributed by atoms with E-state index in [9.17, 15) is 14.0 Å². The van der Waals surface area contributed by atoms with E-state index in [4.69, 9.17) is 9.15 Å². The predicted molar refractivity (Wildman–Crippen MR) is 112 cm³/mol. The number of carbonyl (C=O) groups excluding carboxylic acids is 2. The Kier molecular flexibility index (Phi) is 5.22. The number of pyridine rings is 1. The minimum absolute atomic E-state index is 0.116. The summed E-state index contributed by atoms with van der Waals surface area (Å²) in [6.45, 7) is 1.53. The lowest BCUT2D eigenvalue weighted by atomic mass is 9.83. The van der Waals surface area contributed by atoms with E-state index in [2.05, 4.69) is 4.98 Å². The fourth-order valence-electron chi connectivity index (χ4n) is 4.59. The quantitative estimate of drug-likeness (QED) is 0.630. The number of hydrogen-bond donors (Lipinski definition) is 0. The first-order valence-electron chi connectivity index (χ1n) is 10.5. The Hall–Kier alpha value is -3.52. The smallest absolute Gasteiger partial charge is 0.289 e. The number of halogens is 1. The molecule has 2 aromatic heterocycles. The minimum atomic E-state index is -1.22. The number of rotatable bonds is 4. The van der Waals surface area contributed by atoms with Crippen molar-refractivity contribution in [1.29, 1.82) is 0 Å². The molecule has 1 aromatic carbocycles. The highest BCUT2D eigenvalue weighted by molar-refractivity contribution is 5.94. The number of nitrogens with zero attached hydrogens (tertiary/aromatic N) is 3. The molecular formula is C24H22FN3O4. The number of hydrogen-bond acceptors (Lipinski definition) is 5. The Morgan fingerprint density at radius 2 is 2.03 bits per heavy atom. The first-order chi connectivity index (χ1) is 15.6. The molecule has 2 fully saturated rings. The second-order valence-electron chi connectivity index (χ2n) is 8.09. The zero-order valence-electron chi connectivity index (χ0n) is 17.3. The van der Waals surface area contributed by atoms with Gasteiger partial charge in [0.1, 0.15) is 5.82 Å². The van der Waals surface area contributed by atoms with Crippen molar-refractivity contribution in [3.63, 3.8) is 0 Å². The summed E-state index contributed by atoms with van der Waals surface area (Å²) in [6, 6.07) is 13.1. The fraction of sp³-hybridized carbons (Fsp3) is 0.292. The van der Waals surface area contributed by atoms with Gasteiger partial charge < -0.3 is 19.0 Å². The van der Waals surface area contributed by atoms with Crippen LogP contribution in [0.15, 0.2) is 71.6 Å². The van der Waals surface area contributed by atoms with Crippen LogP contribution >= 0.6 is 0 Å². The molecule has 32 heavy (non-hydrogen) atoms. The van der Waals surface area contributed by atoms with Crippen LogP contribution in [0.4, 0.5) is 4.39 Å². The van der Waals surface area contributed by atoms with Crippen molar-refractivity contribution < 1.29 is 23.1 Å². The lowest BCUT2D eigenvalue weighted by molar-refractivity contribution is -0.172. The van der Waals surface area contributed by atoms with Crippen LogP contribution in [0.25, 0.3) is 0 Å². The molecule has 2 aliphatic heterocycles. The SMILES string of the molecule is O=C(c1ccco1)N1C[C@H](c2cccnc2)[C@]2(C1)OCCN(Cc1ccc(F)cc1)C2=O. The third-order valence-corrected chi connectivity index (χ3v) is 6.15. The van der Waals surface area contributed by atoms with Crippen molar-refractivity contribution in [3.05, 3.63) is 89.9 Å². The lowest BCUT2D eigenvalue weighted by Gasteiger charge is -2.42. The van der Waals surface area contributed by atoms with Gasteiger partial charge in [-0.2, -0.15) is 0 Å². The second kappa shape index (κ2) is 8.20. The minimum Gasteiger partial charge on any atom is -0.459 e. The van der Waals surface area contributed by atoms with E-state index in [1.807, 2.05) is 12.1 Å². The highest BCUT2D eigenvalue weighted by Crippen LogP contribution is 2.42. The molecule has 0 aliphatic carbocycles. The van der Waals surface area contributed by atoms with Crippen LogP contribution in [0.1, 0.15) is 27.6 Å². The molecule has 3 aromatic rings. The van der Waals surface area contributed by atoms with Gasteiger partial charge in [-0.05, 0) is 41.5 Å². The maximum atomic E-state index is 13.8. The zero-order chi connectivity index (χ0) is 22.1. The lowest BCUT2D eigenvalue weighted by Crippen LogP contribution is -2.60. The van der Waals surface area contributed by atoms with Gasteiger partial charge in [0.25, 0.3) is 11.8 Å². The molecule has 0 radical (unpaired) electrons. The molecule has 0 saturated carbocycles. The van der Waals surface area contributed by atoms with Crippen LogP contribution in [0.3, 0.4) is 0 Å². The molecule has 2 aliphatic rings. The summed E-state index contributed by atoms with van der Waals surface area (Å²) >= 11 is 0. The number of carbonyl (C=O) groups is 2. The normalized spacial score (nSPS) is 23.2. The number of morpholine rings is 1. The van der Waals surface area contributed by atoms with Crippen molar-refractivity contribution in [3.8, 4) is 0 Å². The van der Waals surface area contributed by atoms with E-state index in [1.165, 1.54) is 18.4 Å². The fourth-order valence-corrected chi connectivity index (χ4v) is 4.59. The van der Waals surface area contributed by atoms with E-state index >= 15 is 0 Å². The molecule has 2 atom stereocenters. The van der Waals surface area contributed by atoms with E-state index in [0.29, 0.717) is 26.2 Å². The number of aromatic nitrogens is 1. The van der Waals surface area contributed by atoms with Crippen LogP contribution < -0.4 is 0 Å². The van der Waals surface area contributed by atoms with Crippen molar-refractivity contribution in [2.75, 3.05) is 26.2 Å². The molecule has 4 heterocycles. The maximum absolute atomic E-state index is 13.8. The van der Waals surface area contributed by atoms with Gasteiger partial charge in [0.05, 0.1) is 19.4 Å². The average Bonchev–Trinajstić information content (AvgIpc) is 3.48. The van der Waals surface area contributed by atoms with Crippen LogP contribution in [0, 0.1) is 5.82 Å². The van der Waals surface area contributed by atoms with Gasteiger partial charge in [-0.15, -0.1) is 0 Å². The van der Waals surface area contributed by atoms with Crippen LogP contribution in [0.2, 0.25) is 0 Å². The van der Waals surface area contributed by atoms with Crippen molar-refractivity contribution >= 4 is 11.8 Å². The molecule has 5 rings (SSSR count). The Labute approximate surface area is 184 Å². The highest BCUT2D eigenvalue weighted by Gasteiger charge is 2.58. The molecule has 0 unspecified atom stereocenters. The van der Waals surface area contributed by atoms with E-state index < -0.39 is 5.60 Å². The summed E-state index contributed by atoms with van der Waals surface area (Å²) in [7, 11) is 0. The Morgan fingerprint density at radius 1 is 1.19 bits per heavy atom. The van der Waals surface area contributed by atoms with Gasteiger partial charge in [-0.3, -0.25) is 14.6 Å². The van der Waals surface area contributed by atoms with Crippen LogP contribution in [0.5, 0.6) is 0 Å². The average molecular weight is 435 g/mol. The van der Waals surface area contributed by atoms with Gasteiger partial charge in [-0.25, -0.2) is 4.39 Å². The molecule has 164 valence electrons. The molecule has 2 amide bonds. The Balaban J connectivity index is 1.47. The standard InChI is InChI=1S/C24H22FN3O4/c25-19-7-5-17(6-8-19)14-27-10-12-32-24(23(27)30)16-28(22(29)21-4-2-11-31-21)15-20(24)18-3-1-9-26-13-18/h1-9,11,13,20H,10,12,14-16H2/t20-,24+/m1/s1. The van der Waals surface area contributed by atoms with E-state index in [0.717, 1.165) is 11.1 Å². The van der Waals surface area contributed by atoms with Crippen molar-refractivity contribution in [2.24, 2.45) is 0 Å². The summed E-state index contributed by atoms with van der Waals surface area (Å²) < 4.78 is 24.8. The predicted octanol–water partition coefficient (Wildman–Crippen LogP) is 2.85. The number of furan rings is 1. The largest absolute Gasteiger partial charge is 0.459 e. The topological polar surface area (TPSA) is 75.9 Å². The first-order valence-corrected chi connectivity index (χ1v) is 10.5. The van der Waals surface area contributed by atoms with Gasteiger partial charge in [0, 0.05) is 37.9 Å². The zero-order valence-corrected chi connectivity index (χ0v) is 17.3. The number of likely N-dealkylation sites (tertiary alicyclic amines) is 1. The van der Waals surface area contributed by atoms with E-state index in [-0.39, 0.29) is 35.9 Å². The molecular weight excluding hydrogens is 413 g/mol. The first kappa shape index (κ1) is 20.4. The monoisotopic (exact) mass is 435 g/mol. The number of ether oxygens (including phenoxy) is 1. The van der Waals surface area contributed by atoms with Crippen molar-refractivity contribution in [2.45, 2.75) is 18.1 Å². The van der Waals surface area contributed by atoms with E-state index in [1.54, 1.807) is 46.5 Å². The Morgan fingerprint density at radius 3 is 2.75 bits per heavy atom. The third kappa shape index (κ3) is 3.56. The summed E-state index contributed by atoms with van der Waals surface area (Å²) in [6.07, 6.45) is 4.83. The van der Waals surface area contributed by atoms with Crippen molar-refractivity contribution in [1.82, 2.24) is 14.8 Å². The summed E-state index contributed by atoms with van der Waals surface area (Å²) in [5, 5.41) is 0. The summed E-state index contributed by atoms with van der Waals surface area (Å²) in [4.78, 5) is 34.4. The van der Waals surface area contributed by atoms with Gasteiger partial charge >= 0.3 is 0 Å². The molecule has 8 heteroatoms. The second-order valence-corrected chi connectivity index (χ2v) is 8.09. The highest BCUT2D eigenvalue weighted by atomic mass is 19.1. The number of benzene rings is 1. The molecule has 1 spiro atoms. The van der Waals surface area contributed by atoms with Gasteiger partial charge in [0.15, 0.2) is 11.4 Å².